The SMILES string of the molecule is CCCN(CCC)C(=O)CN1C(=O)C(C)Oc2ccc(C(C)=O)cc21. The Hall–Kier alpha value is -2.37. The van der Waals surface area contributed by atoms with Gasteiger partial charge in [-0.2, -0.15) is 0 Å². The molecule has 0 saturated carbocycles. The lowest BCUT2D eigenvalue weighted by atomic mass is 10.1. The van der Waals surface area contributed by atoms with Crippen LogP contribution >= 0.6 is 0 Å². The maximum absolute atomic E-state index is 12.7. The molecule has 0 spiro atoms. The van der Waals surface area contributed by atoms with E-state index in [1.54, 1.807) is 30.0 Å². The van der Waals surface area contributed by atoms with Crippen LogP contribution in [0.5, 0.6) is 5.75 Å². The Morgan fingerprint density at radius 3 is 2.40 bits per heavy atom. The van der Waals surface area contributed by atoms with Gasteiger partial charge in [0.25, 0.3) is 5.91 Å². The molecule has 25 heavy (non-hydrogen) atoms. The molecule has 1 aliphatic rings. The maximum atomic E-state index is 12.7. The molecule has 2 amide bonds. The quantitative estimate of drug-likeness (QED) is 0.712. The van der Waals surface area contributed by atoms with Crippen LogP contribution in [0.3, 0.4) is 0 Å². The van der Waals surface area contributed by atoms with Gasteiger partial charge in [0, 0.05) is 18.7 Å². The molecule has 0 aliphatic carbocycles. The number of Topliss-reactive ketones (excluding diaryl/α,β-unsaturated/α-hetero) is 1. The predicted octanol–water partition coefficient (Wildman–Crippen LogP) is 2.65. The van der Waals surface area contributed by atoms with Crippen LogP contribution in [0.2, 0.25) is 0 Å². The Labute approximate surface area is 148 Å². The van der Waals surface area contributed by atoms with Gasteiger partial charge >= 0.3 is 0 Å². The largest absolute Gasteiger partial charge is 0.479 e. The van der Waals surface area contributed by atoms with Crippen molar-refractivity contribution in [2.75, 3.05) is 24.5 Å². The third kappa shape index (κ3) is 4.18. The third-order valence-corrected chi connectivity index (χ3v) is 4.21. The number of hydrogen-bond donors (Lipinski definition) is 0. The van der Waals surface area contributed by atoms with Gasteiger partial charge in [-0.25, -0.2) is 0 Å². The number of benzene rings is 1. The van der Waals surface area contributed by atoms with Crippen LogP contribution in [-0.4, -0.2) is 48.2 Å². The molecule has 0 radical (unpaired) electrons. The zero-order valence-electron chi connectivity index (χ0n) is 15.4. The van der Waals surface area contributed by atoms with Crippen molar-refractivity contribution >= 4 is 23.3 Å². The van der Waals surface area contributed by atoms with Crippen LogP contribution in [0.25, 0.3) is 0 Å². The van der Waals surface area contributed by atoms with Crippen molar-refractivity contribution in [3.63, 3.8) is 0 Å². The summed E-state index contributed by atoms with van der Waals surface area (Å²) < 4.78 is 5.62. The number of carbonyl (C=O) groups excluding carboxylic acids is 3. The van der Waals surface area contributed by atoms with Crippen LogP contribution in [0, 0.1) is 0 Å². The van der Waals surface area contributed by atoms with E-state index in [9.17, 15) is 14.4 Å². The Balaban J connectivity index is 2.32. The van der Waals surface area contributed by atoms with Crippen molar-refractivity contribution in [2.24, 2.45) is 0 Å². The van der Waals surface area contributed by atoms with E-state index < -0.39 is 6.10 Å². The number of fused-ring (bicyclic) bond motifs is 1. The van der Waals surface area contributed by atoms with E-state index in [0.29, 0.717) is 30.1 Å². The standard InChI is InChI=1S/C19H26N2O4/c1-5-9-20(10-6-2)18(23)12-21-16-11-15(13(3)22)7-8-17(16)25-14(4)19(21)24/h7-8,11,14H,5-6,9-10,12H2,1-4H3. The van der Waals surface area contributed by atoms with Gasteiger partial charge in [-0.15, -0.1) is 0 Å². The fourth-order valence-electron chi connectivity index (χ4n) is 2.93. The molecule has 1 atom stereocenters. The highest BCUT2D eigenvalue weighted by Crippen LogP contribution is 2.35. The van der Waals surface area contributed by atoms with E-state index in [1.807, 2.05) is 13.8 Å². The van der Waals surface area contributed by atoms with Gasteiger partial charge in [-0.05, 0) is 44.9 Å². The number of anilines is 1. The Morgan fingerprint density at radius 1 is 1.20 bits per heavy atom. The molecule has 1 aliphatic heterocycles. The van der Waals surface area contributed by atoms with E-state index >= 15 is 0 Å². The molecule has 1 aromatic carbocycles. The molecule has 0 aromatic heterocycles. The zero-order valence-corrected chi connectivity index (χ0v) is 15.4. The summed E-state index contributed by atoms with van der Waals surface area (Å²) in [6.07, 6.45) is 1.07. The fourth-order valence-corrected chi connectivity index (χ4v) is 2.93. The first-order valence-electron chi connectivity index (χ1n) is 8.79. The summed E-state index contributed by atoms with van der Waals surface area (Å²) >= 11 is 0. The summed E-state index contributed by atoms with van der Waals surface area (Å²) in [6, 6.07) is 4.98. The van der Waals surface area contributed by atoms with Crippen LogP contribution in [0.1, 0.15) is 50.9 Å². The minimum atomic E-state index is -0.658. The van der Waals surface area contributed by atoms with Crippen molar-refractivity contribution in [1.82, 2.24) is 4.90 Å². The summed E-state index contributed by atoms with van der Waals surface area (Å²) in [5.41, 5.74) is 0.971. The van der Waals surface area contributed by atoms with Gasteiger partial charge in [0.05, 0.1) is 5.69 Å². The molecular formula is C19H26N2O4. The van der Waals surface area contributed by atoms with E-state index in [-0.39, 0.29) is 24.1 Å². The highest BCUT2D eigenvalue weighted by atomic mass is 16.5. The Bertz CT molecular complexity index is 665. The molecule has 0 fully saturated rings. The summed E-state index contributed by atoms with van der Waals surface area (Å²) in [4.78, 5) is 40.2. The van der Waals surface area contributed by atoms with Crippen LogP contribution in [0.15, 0.2) is 18.2 Å². The molecule has 136 valence electrons. The van der Waals surface area contributed by atoms with Gasteiger partial charge in [0.1, 0.15) is 12.3 Å². The van der Waals surface area contributed by atoms with Gasteiger partial charge in [0.2, 0.25) is 5.91 Å². The Kier molecular flexibility index (Phi) is 6.17. The predicted molar refractivity (Wildman–Crippen MR) is 96.1 cm³/mol. The minimum absolute atomic E-state index is 0.0408. The highest BCUT2D eigenvalue weighted by Gasteiger charge is 2.34. The molecule has 6 nitrogen and oxygen atoms in total. The molecule has 1 aromatic rings. The topological polar surface area (TPSA) is 66.9 Å². The van der Waals surface area contributed by atoms with E-state index in [4.69, 9.17) is 4.74 Å². The zero-order chi connectivity index (χ0) is 18.6. The van der Waals surface area contributed by atoms with Gasteiger partial charge in [-0.1, -0.05) is 13.8 Å². The van der Waals surface area contributed by atoms with Crippen LogP contribution in [-0.2, 0) is 9.59 Å². The molecule has 2 rings (SSSR count). The molecule has 1 unspecified atom stereocenters. The smallest absolute Gasteiger partial charge is 0.268 e. The summed E-state index contributed by atoms with van der Waals surface area (Å²) in [7, 11) is 0. The first kappa shape index (κ1) is 19.0. The number of nitrogens with zero attached hydrogens (tertiary/aromatic N) is 2. The monoisotopic (exact) mass is 346 g/mol. The highest BCUT2D eigenvalue weighted by molar-refractivity contribution is 6.05. The molecule has 0 N–H and O–H groups in total. The van der Waals surface area contributed by atoms with Crippen molar-refractivity contribution in [3.05, 3.63) is 23.8 Å². The number of rotatable bonds is 7. The summed E-state index contributed by atoms with van der Waals surface area (Å²) in [5.74, 6) is 0.0565. The normalized spacial score (nSPS) is 16.2. The second kappa shape index (κ2) is 8.14. The first-order valence-corrected chi connectivity index (χ1v) is 8.79. The average Bonchev–Trinajstić information content (AvgIpc) is 2.58. The van der Waals surface area contributed by atoms with E-state index in [2.05, 4.69) is 0 Å². The molecule has 0 bridgehead atoms. The van der Waals surface area contributed by atoms with Gasteiger partial charge < -0.3 is 9.64 Å². The molecular weight excluding hydrogens is 320 g/mol. The van der Waals surface area contributed by atoms with E-state index in [0.717, 1.165) is 12.8 Å². The molecule has 0 saturated heterocycles. The lowest BCUT2D eigenvalue weighted by Gasteiger charge is -2.34. The van der Waals surface area contributed by atoms with Crippen molar-refractivity contribution in [3.8, 4) is 5.75 Å². The minimum Gasteiger partial charge on any atom is -0.479 e. The fraction of sp³-hybridized carbons (Fsp3) is 0.526. The van der Waals surface area contributed by atoms with Crippen molar-refractivity contribution in [2.45, 2.75) is 46.6 Å². The second-order valence-corrected chi connectivity index (χ2v) is 6.30. The van der Waals surface area contributed by atoms with Crippen molar-refractivity contribution in [1.29, 1.82) is 0 Å². The van der Waals surface area contributed by atoms with Crippen LogP contribution < -0.4 is 9.64 Å². The summed E-state index contributed by atoms with van der Waals surface area (Å²) in [5, 5.41) is 0. The van der Waals surface area contributed by atoms with Gasteiger partial charge in [-0.3, -0.25) is 19.3 Å². The average molecular weight is 346 g/mol. The first-order chi connectivity index (χ1) is 11.9. The second-order valence-electron chi connectivity index (χ2n) is 6.30. The lowest BCUT2D eigenvalue weighted by Crippen LogP contribution is -2.49. The molecule has 6 heteroatoms. The number of hydrogen-bond acceptors (Lipinski definition) is 4. The maximum Gasteiger partial charge on any atom is 0.268 e. The summed E-state index contributed by atoms with van der Waals surface area (Å²) in [6.45, 7) is 8.47. The number of carbonyl (C=O) groups is 3. The van der Waals surface area contributed by atoms with Crippen molar-refractivity contribution < 1.29 is 19.1 Å². The van der Waals surface area contributed by atoms with Crippen LogP contribution in [0.4, 0.5) is 5.69 Å². The lowest BCUT2D eigenvalue weighted by molar-refractivity contribution is -0.133. The number of amides is 2. The Morgan fingerprint density at radius 2 is 1.84 bits per heavy atom. The van der Waals surface area contributed by atoms with Gasteiger partial charge in [0.15, 0.2) is 11.9 Å². The number of ether oxygens (including phenoxy) is 1. The van der Waals surface area contributed by atoms with E-state index in [1.165, 1.54) is 11.8 Å². The number of ketones is 1. The molecule has 1 heterocycles. The third-order valence-electron chi connectivity index (χ3n) is 4.21.